The van der Waals surface area contributed by atoms with Crippen LogP contribution in [0.1, 0.15) is 78.6 Å². The second-order valence-electron chi connectivity index (χ2n) is 14.9. The zero-order valence-electron chi connectivity index (χ0n) is 32.3. The fourth-order valence-corrected chi connectivity index (χ4v) is 7.70. The van der Waals surface area contributed by atoms with Crippen LogP contribution in [-0.4, -0.2) is 72.0 Å². The van der Waals surface area contributed by atoms with Gasteiger partial charge in [-0.3, -0.25) is 19.2 Å². The first kappa shape index (κ1) is 40.9. The van der Waals surface area contributed by atoms with E-state index < -0.39 is 59.6 Å². The number of nitrogens with one attached hydrogen (secondary N) is 2. The van der Waals surface area contributed by atoms with Crippen molar-refractivity contribution in [1.82, 2.24) is 15.6 Å². The van der Waals surface area contributed by atoms with Gasteiger partial charge >= 0.3 is 11.9 Å². The molecule has 2 amide bonds. The Kier molecular flexibility index (Phi) is 14.0. The van der Waals surface area contributed by atoms with Crippen molar-refractivity contribution in [3.05, 3.63) is 66.2 Å². The topological polar surface area (TPSA) is 170 Å². The number of esters is 1. The Labute approximate surface area is 322 Å². The van der Waals surface area contributed by atoms with Crippen LogP contribution in [0, 0.1) is 23.7 Å². The van der Waals surface area contributed by atoms with E-state index in [1.54, 1.807) is 39.2 Å². The second kappa shape index (κ2) is 18.9. The van der Waals surface area contributed by atoms with Gasteiger partial charge in [-0.2, -0.15) is 0 Å². The van der Waals surface area contributed by atoms with Crippen LogP contribution < -0.4 is 20.1 Å². The highest BCUT2D eigenvalue weighted by Crippen LogP contribution is 2.37. The summed E-state index contributed by atoms with van der Waals surface area (Å²) in [6.45, 7) is 5.42. The lowest BCUT2D eigenvalue weighted by Crippen LogP contribution is -2.56. The number of carbonyl (C=O) groups is 5. The Bertz CT molecular complexity index is 1890. The number of aromatic nitrogens is 1. The van der Waals surface area contributed by atoms with Crippen molar-refractivity contribution in [2.75, 3.05) is 14.2 Å². The van der Waals surface area contributed by atoms with E-state index in [9.17, 15) is 29.1 Å². The molecule has 3 aromatic rings. The lowest BCUT2D eigenvalue weighted by atomic mass is 9.83. The molecular formula is C43H53N3O9. The van der Waals surface area contributed by atoms with Gasteiger partial charge in [-0.25, -0.2) is 9.78 Å². The Morgan fingerprint density at radius 3 is 2.31 bits per heavy atom. The summed E-state index contributed by atoms with van der Waals surface area (Å²) < 4.78 is 17.1. The summed E-state index contributed by atoms with van der Waals surface area (Å²) in [6, 6.07) is 15.0. The zero-order valence-corrected chi connectivity index (χ0v) is 32.3. The third-order valence-corrected chi connectivity index (χ3v) is 10.7. The standard InChI is InChI=1S/C43H53N3O9/c1-6-13-28(42(50)51)20-36(47)32-21-30(55-37-24-34(26-14-9-7-10-15-26)44-35-23-29(53-4)18-19-31(35)37)22-33(32)40(48)45-38(25(2)3)41(49)46-39(43(52)54-5)27-16-11-8-12-17-27/h7,9-10,14-15,18-19,22-25,27-28,30,32,38-39H,6,8,11-13,16-17,20-21H2,1-5H3,(H,45,48)(H,46,49)(H,50,51)/t28-,30?,32?,38+,39+/m1/s1. The van der Waals surface area contributed by atoms with Crippen molar-refractivity contribution in [2.24, 2.45) is 23.7 Å². The van der Waals surface area contributed by atoms with E-state index in [0.717, 1.165) is 37.7 Å². The van der Waals surface area contributed by atoms with Gasteiger partial charge in [-0.05, 0) is 49.3 Å². The summed E-state index contributed by atoms with van der Waals surface area (Å²) in [5.74, 6) is -4.41. The first-order valence-corrected chi connectivity index (χ1v) is 19.3. The monoisotopic (exact) mass is 755 g/mol. The minimum absolute atomic E-state index is 0.0795. The highest BCUT2D eigenvalue weighted by atomic mass is 16.5. The molecule has 1 aromatic heterocycles. The number of fused-ring (bicyclic) bond motifs is 1. The van der Waals surface area contributed by atoms with Crippen LogP contribution in [0.2, 0.25) is 0 Å². The summed E-state index contributed by atoms with van der Waals surface area (Å²) in [6.07, 6.45) is 6.09. The maximum absolute atomic E-state index is 14.2. The molecule has 2 aromatic carbocycles. The molecule has 55 heavy (non-hydrogen) atoms. The van der Waals surface area contributed by atoms with E-state index >= 15 is 0 Å². The molecule has 2 aliphatic rings. The van der Waals surface area contributed by atoms with Gasteiger partial charge in [0.15, 0.2) is 0 Å². The molecule has 0 saturated heterocycles. The molecule has 0 spiro atoms. The van der Waals surface area contributed by atoms with Crippen LogP contribution >= 0.6 is 0 Å². The van der Waals surface area contributed by atoms with Gasteiger partial charge in [-0.15, -0.1) is 0 Å². The van der Waals surface area contributed by atoms with Crippen molar-refractivity contribution in [2.45, 2.75) is 96.7 Å². The molecule has 0 aliphatic heterocycles. The maximum Gasteiger partial charge on any atom is 0.328 e. The lowest BCUT2D eigenvalue weighted by molar-refractivity contribution is -0.147. The third kappa shape index (κ3) is 10.1. The van der Waals surface area contributed by atoms with Gasteiger partial charge in [-0.1, -0.05) is 76.8 Å². The predicted octanol–water partition coefficient (Wildman–Crippen LogP) is 6.44. The van der Waals surface area contributed by atoms with Gasteiger partial charge in [0.2, 0.25) is 11.8 Å². The smallest absolute Gasteiger partial charge is 0.328 e. The average molecular weight is 756 g/mol. The number of benzene rings is 2. The zero-order chi connectivity index (χ0) is 39.6. The van der Waals surface area contributed by atoms with E-state index in [1.165, 1.54) is 7.11 Å². The second-order valence-corrected chi connectivity index (χ2v) is 14.9. The quantitative estimate of drug-likeness (QED) is 0.130. The lowest BCUT2D eigenvalue weighted by Gasteiger charge is -2.31. The van der Waals surface area contributed by atoms with Crippen LogP contribution in [0.3, 0.4) is 0 Å². The average Bonchev–Trinajstić information content (AvgIpc) is 3.62. The van der Waals surface area contributed by atoms with Crippen LogP contribution in [0.15, 0.2) is 66.2 Å². The number of ketones is 1. The molecule has 0 radical (unpaired) electrons. The first-order chi connectivity index (χ1) is 26.4. The molecule has 1 fully saturated rings. The summed E-state index contributed by atoms with van der Waals surface area (Å²) in [7, 11) is 2.86. The van der Waals surface area contributed by atoms with Crippen molar-refractivity contribution in [1.29, 1.82) is 0 Å². The molecular weight excluding hydrogens is 702 g/mol. The molecule has 2 unspecified atom stereocenters. The summed E-state index contributed by atoms with van der Waals surface area (Å²) >= 11 is 0. The Balaban J connectivity index is 1.46. The van der Waals surface area contributed by atoms with Crippen molar-refractivity contribution >= 4 is 40.4 Å². The van der Waals surface area contributed by atoms with Crippen LogP contribution in [0.25, 0.3) is 22.2 Å². The van der Waals surface area contributed by atoms with Crippen LogP contribution in [0.4, 0.5) is 0 Å². The number of carboxylic acid groups (broad SMARTS) is 1. The molecule has 0 bridgehead atoms. The molecule has 12 heteroatoms. The van der Waals surface area contributed by atoms with E-state index in [4.69, 9.17) is 19.2 Å². The highest BCUT2D eigenvalue weighted by molar-refractivity contribution is 6.04. The van der Waals surface area contributed by atoms with E-state index in [-0.39, 0.29) is 30.3 Å². The summed E-state index contributed by atoms with van der Waals surface area (Å²) in [4.78, 5) is 71.8. The number of hydrogen-bond donors (Lipinski definition) is 3. The predicted molar refractivity (Wildman–Crippen MR) is 207 cm³/mol. The number of pyridine rings is 1. The van der Waals surface area contributed by atoms with Crippen molar-refractivity contribution < 1.29 is 43.3 Å². The molecule has 12 nitrogen and oxygen atoms in total. The van der Waals surface area contributed by atoms with E-state index in [0.29, 0.717) is 40.9 Å². The van der Waals surface area contributed by atoms with E-state index in [1.807, 2.05) is 49.4 Å². The molecule has 1 heterocycles. The minimum Gasteiger partial charge on any atom is -0.497 e. The minimum atomic E-state index is -1.07. The Hall–Kier alpha value is -5.26. The number of methoxy groups -OCH3 is 2. The molecule has 1 saturated carbocycles. The number of hydrogen-bond acceptors (Lipinski definition) is 9. The van der Waals surface area contributed by atoms with Gasteiger partial charge in [0.1, 0.15) is 35.5 Å². The normalized spacial score (nSPS) is 18.8. The first-order valence-electron chi connectivity index (χ1n) is 19.3. The number of aliphatic carboxylic acids is 1. The van der Waals surface area contributed by atoms with Crippen molar-refractivity contribution in [3.8, 4) is 22.8 Å². The molecule has 2 aliphatic carbocycles. The number of Topliss-reactive ketones (excluding diaryl/α,β-unsaturated/α-hetero) is 1. The number of carboxylic acids is 1. The number of rotatable bonds is 17. The van der Waals surface area contributed by atoms with Crippen molar-refractivity contribution in [3.63, 3.8) is 0 Å². The Morgan fingerprint density at radius 2 is 1.67 bits per heavy atom. The number of nitrogens with zero attached hydrogens (tertiary/aromatic N) is 1. The molecule has 294 valence electrons. The van der Waals surface area contributed by atoms with Crippen LogP contribution in [0.5, 0.6) is 11.5 Å². The van der Waals surface area contributed by atoms with E-state index in [2.05, 4.69) is 10.6 Å². The number of carbonyl (C=O) groups excluding carboxylic acids is 4. The van der Waals surface area contributed by atoms with Gasteiger partial charge in [0, 0.05) is 41.5 Å². The number of amides is 2. The molecule has 3 N–H and O–H groups in total. The van der Waals surface area contributed by atoms with Gasteiger partial charge in [0.25, 0.3) is 0 Å². The van der Waals surface area contributed by atoms with Crippen LogP contribution in [-0.2, 0) is 28.7 Å². The fraction of sp³-hybridized carbons (Fsp3) is 0.488. The Morgan fingerprint density at radius 1 is 0.945 bits per heavy atom. The largest absolute Gasteiger partial charge is 0.497 e. The highest BCUT2D eigenvalue weighted by Gasteiger charge is 2.40. The van der Waals surface area contributed by atoms with Gasteiger partial charge < -0.3 is 30.0 Å². The summed E-state index contributed by atoms with van der Waals surface area (Å²) in [5, 5.41) is 16.3. The molecule has 5 rings (SSSR count). The SMILES string of the molecule is CCC[C@H](CC(=O)C1CC(Oc2cc(-c3ccccc3)nc3cc(OC)ccc23)C=C1C(=O)N[C@H](C(=O)N[C@H](C(=O)OC)C1CCCCC1)C(C)C)C(=O)O. The summed E-state index contributed by atoms with van der Waals surface area (Å²) in [5.41, 5.74) is 2.24. The molecule has 5 atom stereocenters. The third-order valence-electron chi connectivity index (χ3n) is 10.7. The fourth-order valence-electron chi connectivity index (χ4n) is 7.70. The number of ether oxygens (including phenoxy) is 3. The van der Waals surface area contributed by atoms with Gasteiger partial charge in [0.05, 0.1) is 37.3 Å². The maximum atomic E-state index is 14.2.